The molecule has 5 heteroatoms. The van der Waals surface area contributed by atoms with Crippen molar-refractivity contribution in [3.63, 3.8) is 0 Å². The quantitative estimate of drug-likeness (QED) is 0.577. The third kappa shape index (κ3) is 4.06. The van der Waals surface area contributed by atoms with Gasteiger partial charge in [-0.2, -0.15) is 4.98 Å². The van der Waals surface area contributed by atoms with Crippen molar-refractivity contribution >= 4 is 0 Å². The van der Waals surface area contributed by atoms with Crippen LogP contribution in [0.15, 0.2) is 47.5 Å². The van der Waals surface area contributed by atoms with Gasteiger partial charge in [0.05, 0.1) is 6.33 Å². The zero-order chi connectivity index (χ0) is 15.9. The fourth-order valence-electron chi connectivity index (χ4n) is 2.55. The van der Waals surface area contributed by atoms with Crippen LogP contribution in [0.1, 0.15) is 44.9 Å². The molecule has 0 fully saturated rings. The van der Waals surface area contributed by atoms with Crippen LogP contribution in [0.3, 0.4) is 0 Å². The molecule has 2 aromatic heterocycles. The van der Waals surface area contributed by atoms with Crippen LogP contribution < -0.4 is 0 Å². The Morgan fingerprint density at radius 2 is 1.87 bits per heavy atom. The Bertz CT molecular complexity index is 701. The standard InChI is InChI=1S/C18H22N4O/c1-2-3-4-5-6-7-17-20-18(21-23-17)15-8-10-16(11-9-15)22-13-12-19-14-22/h8-14H,2-7H2,1H3. The van der Waals surface area contributed by atoms with Gasteiger partial charge in [0.25, 0.3) is 0 Å². The summed E-state index contributed by atoms with van der Waals surface area (Å²) < 4.78 is 7.31. The minimum atomic E-state index is 0.658. The van der Waals surface area contributed by atoms with Crippen molar-refractivity contribution in [3.8, 4) is 17.1 Å². The largest absolute Gasteiger partial charge is 0.339 e. The van der Waals surface area contributed by atoms with Gasteiger partial charge < -0.3 is 9.09 Å². The van der Waals surface area contributed by atoms with Crippen LogP contribution >= 0.6 is 0 Å². The summed E-state index contributed by atoms with van der Waals surface area (Å²) in [5.74, 6) is 1.39. The molecule has 0 aliphatic carbocycles. The van der Waals surface area contributed by atoms with Gasteiger partial charge in [0.2, 0.25) is 11.7 Å². The van der Waals surface area contributed by atoms with E-state index in [-0.39, 0.29) is 0 Å². The molecule has 0 bridgehead atoms. The second-order valence-electron chi connectivity index (χ2n) is 5.69. The molecule has 120 valence electrons. The van der Waals surface area contributed by atoms with Crippen molar-refractivity contribution in [2.75, 3.05) is 0 Å². The molecule has 0 atom stereocenters. The maximum Gasteiger partial charge on any atom is 0.226 e. The van der Waals surface area contributed by atoms with Crippen LogP contribution in [-0.4, -0.2) is 19.7 Å². The van der Waals surface area contributed by atoms with Crippen molar-refractivity contribution < 1.29 is 4.52 Å². The summed E-state index contributed by atoms with van der Waals surface area (Å²) in [5.41, 5.74) is 2.03. The molecular weight excluding hydrogens is 288 g/mol. The Morgan fingerprint density at radius 1 is 1.04 bits per heavy atom. The van der Waals surface area contributed by atoms with Gasteiger partial charge in [-0.25, -0.2) is 4.98 Å². The van der Waals surface area contributed by atoms with E-state index in [2.05, 4.69) is 22.0 Å². The lowest BCUT2D eigenvalue weighted by molar-refractivity contribution is 0.374. The van der Waals surface area contributed by atoms with Gasteiger partial charge in [0.1, 0.15) is 0 Å². The summed E-state index contributed by atoms with van der Waals surface area (Å²) in [6.07, 6.45) is 12.5. The third-order valence-corrected chi connectivity index (χ3v) is 3.89. The molecule has 0 aliphatic rings. The normalized spacial score (nSPS) is 11.0. The number of imidazole rings is 1. The van der Waals surface area contributed by atoms with Crippen molar-refractivity contribution in [1.29, 1.82) is 0 Å². The number of benzene rings is 1. The topological polar surface area (TPSA) is 56.7 Å². The lowest BCUT2D eigenvalue weighted by Crippen LogP contribution is -1.90. The van der Waals surface area contributed by atoms with E-state index >= 15 is 0 Å². The van der Waals surface area contributed by atoms with Gasteiger partial charge in [0, 0.05) is 30.1 Å². The fourth-order valence-corrected chi connectivity index (χ4v) is 2.55. The summed E-state index contributed by atoms with van der Waals surface area (Å²) in [5, 5.41) is 4.09. The van der Waals surface area contributed by atoms with E-state index in [1.54, 1.807) is 12.5 Å². The molecule has 3 aromatic rings. The molecule has 0 saturated carbocycles. The lowest BCUT2D eigenvalue weighted by atomic mass is 10.1. The van der Waals surface area contributed by atoms with Crippen LogP contribution in [0, 0.1) is 0 Å². The Kier molecular flexibility index (Phi) is 5.19. The fraction of sp³-hybridized carbons (Fsp3) is 0.389. The molecule has 0 saturated heterocycles. The molecule has 0 spiro atoms. The maximum atomic E-state index is 5.35. The Balaban J connectivity index is 1.59. The van der Waals surface area contributed by atoms with Gasteiger partial charge >= 0.3 is 0 Å². The van der Waals surface area contributed by atoms with Crippen LogP contribution in [-0.2, 0) is 6.42 Å². The molecule has 1 aromatic carbocycles. The Hall–Kier alpha value is -2.43. The first-order valence-corrected chi connectivity index (χ1v) is 8.28. The summed E-state index contributed by atoms with van der Waals surface area (Å²) in [6.45, 7) is 2.22. The SMILES string of the molecule is CCCCCCCc1nc(-c2ccc(-n3ccnc3)cc2)no1. The summed E-state index contributed by atoms with van der Waals surface area (Å²) >= 11 is 0. The lowest BCUT2D eigenvalue weighted by Gasteiger charge is -2.01. The summed E-state index contributed by atoms with van der Waals surface area (Å²) in [6, 6.07) is 8.06. The van der Waals surface area contributed by atoms with Crippen LogP contribution in [0.5, 0.6) is 0 Å². The van der Waals surface area contributed by atoms with E-state index < -0.39 is 0 Å². The molecule has 23 heavy (non-hydrogen) atoms. The zero-order valence-corrected chi connectivity index (χ0v) is 13.5. The Labute approximate surface area is 136 Å². The minimum absolute atomic E-state index is 0.658. The number of hydrogen-bond donors (Lipinski definition) is 0. The van der Waals surface area contributed by atoms with Crippen LogP contribution in [0.25, 0.3) is 17.1 Å². The van der Waals surface area contributed by atoms with E-state index in [0.29, 0.717) is 5.82 Å². The van der Waals surface area contributed by atoms with Crippen LogP contribution in [0.4, 0.5) is 0 Å². The van der Waals surface area contributed by atoms with Gasteiger partial charge in [-0.05, 0) is 30.7 Å². The van der Waals surface area contributed by atoms with E-state index in [9.17, 15) is 0 Å². The number of unbranched alkanes of at least 4 members (excludes halogenated alkanes) is 4. The van der Waals surface area contributed by atoms with Crippen molar-refractivity contribution in [3.05, 3.63) is 48.9 Å². The summed E-state index contributed by atoms with van der Waals surface area (Å²) in [7, 11) is 0. The highest BCUT2D eigenvalue weighted by atomic mass is 16.5. The predicted octanol–water partition coefficient (Wildman–Crippen LogP) is 4.44. The number of rotatable bonds is 8. The molecule has 0 unspecified atom stereocenters. The molecule has 5 nitrogen and oxygen atoms in total. The van der Waals surface area contributed by atoms with Gasteiger partial charge in [-0.15, -0.1) is 0 Å². The maximum absolute atomic E-state index is 5.35. The van der Waals surface area contributed by atoms with Crippen molar-refractivity contribution in [2.45, 2.75) is 45.4 Å². The third-order valence-electron chi connectivity index (χ3n) is 3.89. The first-order valence-electron chi connectivity index (χ1n) is 8.28. The molecule has 3 rings (SSSR count). The van der Waals surface area contributed by atoms with E-state index in [0.717, 1.165) is 30.0 Å². The monoisotopic (exact) mass is 310 g/mol. The number of hydrogen-bond acceptors (Lipinski definition) is 4. The number of aryl methyl sites for hydroxylation is 1. The zero-order valence-electron chi connectivity index (χ0n) is 13.5. The van der Waals surface area contributed by atoms with Crippen molar-refractivity contribution in [1.82, 2.24) is 19.7 Å². The average Bonchev–Trinajstić information content (AvgIpc) is 3.27. The number of aromatic nitrogens is 4. The molecule has 2 heterocycles. The van der Waals surface area contributed by atoms with Crippen LogP contribution in [0.2, 0.25) is 0 Å². The van der Waals surface area contributed by atoms with E-state index in [1.165, 1.54) is 25.7 Å². The first kappa shape index (κ1) is 15.5. The first-order chi connectivity index (χ1) is 11.4. The van der Waals surface area contributed by atoms with Crippen molar-refractivity contribution in [2.24, 2.45) is 0 Å². The van der Waals surface area contributed by atoms with E-state index in [1.807, 2.05) is 35.0 Å². The molecule has 0 aliphatic heterocycles. The highest BCUT2D eigenvalue weighted by Gasteiger charge is 2.08. The molecule has 0 amide bonds. The smallest absolute Gasteiger partial charge is 0.226 e. The van der Waals surface area contributed by atoms with Gasteiger partial charge in [-0.3, -0.25) is 0 Å². The second kappa shape index (κ2) is 7.72. The highest BCUT2D eigenvalue weighted by molar-refractivity contribution is 5.56. The Morgan fingerprint density at radius 3 is 2.61 bits per heavy atom. The second-order valence-corrected chi connectivity index (χ2v) is 5.69. The van der Waals surface area contributed by atoms with E-state index in [4.69, 9.17) is 4.52 Å². The molecule has 0 N–H and O–H groups in total. The van der Waals surface area contributed by atoms with Gasteiger partial charge in [0.15, 0.2) is 0 Å². The molecule has 0 radical (unpaired) electrons. The summed E-state index contributed by atoms with van der Waals surface area (Å²) in [4.78, 5) is 8.55. The predicted molar refractivity (Wildman–Crippen MR) is 89.3 cm³/mol. The average molecular weight is 310 g/mol. The van der Waals surface area contributed by atoms with Gasteiger partial charge in [-0.1, -0.05) is 37.8 Å². The highest BCUT2D eigenvalue weighted by Crippen LogP contribution is 2.19. The number of nitrogens with zero attached hydrogens (tertiary/aromatic N) is 4. The molecular formula is C18H22N4O. The minimum Gasteiger partial charge on any atom is -0.339 e.